The molecular formula is C13H20FNO4Si. The summed E-state index contributed by atoms with van der Waals surface area (Å²) in [5.41, 5.74) is -0.612. The predicted octanol–water partition coefficient (Wildman–Crippen LogP) is 4.13. The van der Waals surface area contributed by atoms with E-state index in [2.05, 4.69) is 0 Å². The van der Waals surface area contributed by atoms with Crippen molar-refractivity contribution in [1.82, 2.24) is 0 Å². The van der Waals surface area contributed by atoms with Gasteiger partial charge in [-0.25, -0.2) is 0 Å². The van der Waals surface area contributed by atoms with Crippen LogP contribution in [0.15, 0.2) is 12.1 Å². The van der Waals surface area contributed by atoms with Gasteiger partial charge in [0, 0.05) is 6.07 Å². The van der Waals surface area contributed by atoms with Crippen molar-refractivity contribution < 1.29 is 18.5 Å². The quantitative estimate of drug-likeness (QED) is 0.476. The Balaban J connectivity index is 3.30. The number of nitro benzene ring substituents is 1. The average molecular weight is 301 g/mol. The van der Waals surface area contributed by atoms with Crippen molar-refractivity contribution in [3.05, 3.63) is 28.1 Å². The molecule has 0 aromatic heterocycles. The van der Waals surface area contributed by atoms with E-state index in [1.807, 2.05) is 33.9 Å². The van der Waals surface area contributed by atoms with Crippen LogP contribution >= 0.6 is 0 Å². The van der Waals surface area contributed by atoms with Gasteiger partial charge in [0.2, 0.25) is 5.82 Å². The van der Waals surface area contributed by atoms with Crippen molar-refractivity contribution in [2.45, 2.75) is 38.9 Å². The fourth-order valence-electron chi connectivity index (χ4n) is 1.33. The number of methoxy groups -OCH3 is 1. The minimum absolute atomic E-state index is 0.0822. The first-order valence-electron chi connectivity index (χ1n) is 6.20. The van der Waals surface area contributed by atoms with Crippen LogP contribution in [0.4, 0.5) is 10.1 Å². The maximum absolute atomic E-state index is 13.6. The average Bonchev–Trinajstić information content (AvgIpc) is 2.28. The van der Waals surface area contributed by atoms with Crippen LogP contribution in [0.1, 0.15) is 20.8 Å². The van der Waals surface area contributed by atoms with Gasteiger partial charge < -0.3 is 9.16 Å². The van der Waals surface area contributed by atoms with Crippen molar-refractivity contribution in [2.75, 3.05) is 7.11 Å². The van der Waals surface area contributed by atoms with Crippen molar-refractivity contribution in [3.63, 3.8) is 0 Å². The van der Waals surface area contributed by atoms with Gasteiger partial charge in [-0.1, -0.05) is 20.8 Å². The lowest BCUT2D eigenvalue weighted by atomic mass is 10.2. The molecule has 0 N–H and O–H groups in total. The zero-order valence-corrected chi connectivity index (χ0v) is 13.6. The molecule has 1 rings (SSSR count). The van der Waals surface area contributed by atoms with E-state index in [-0.39, 0.29) is 16.5 Å². The molecule has 0 saturated heterocycles. The molecule has 7 heteroatoms. The molecule has 0 aliphatic heterocycles. The molecule has 1 aromatic rings. The molecule has 0 aliphatic carbocycles. The summed E-state index contributed by atoms with van der Waals surface area (Å²) in [7, 11) is -0.819. The van der Waals surface area contributed by atoms with Crippen LogP contribution < -0.4 is 9.16 Å². The lowest BCUT2D eigenvalue weighted by molar-refractivity contribution is -0.387. The van der Waals surface area contributed by atoms with Crippen molar-refractivity contribution in [1.29, 1.82) is 0 Å². The molecular weight excluding hydrogens is 281 g/mol. The molecule has 5 nitrogen and oxygen atoms in total. The fourth-order valence-corrected chi connectivity index (χ4v) is 2.35. The molecule has 0 saturated carbocycles. The summed E-state index contributed by atoms with van der Waals surface area (Å²) >= 11 is 0. The number of hydrogen-bond acceptors (Lipinski definition) is 4. The second kappa shape index (κ2) is 5.39. The third-order valence-electron chi connectivity index (χ3n) is 3.60. The Morgan fingerprint density at radius 2 is 1.80 bits per heavy atom. The van der Waals surface area contributed by atoms with Crippen molar-refractivity contribution in [3.8, 4) is 11.5 Å². The predicted molar refractivity (Wildman–Crippen MR) is 77.4 cm³/mol. The Hall–Kier alpha value is -1.63. The molecule has 0 bridgehead atoms. The maximum atomic E-state index is 13.6. The van der Waals surface area contributed by atoms with E-state index in [0.717, 1.165) is 12.1 Å². The van der Waals surface area contributed by atoms with Gasteiger partial charge in [-0.15, -0.1) is 0 Å². The van der Waals surface area contributed by atoms with Gasteiger partial charge in [0.25, 0.3) is 8.32 Å². The Morgan fingerprint density at radius 1 is 1.25 bits per heavy atom. The highest BCUT2D eigenvalue weighted by atomic mass is 28.4. The van der Waals surface area contributed by atoms with Crippen LogP contribution in [0.5, 0.6) is 11.5 Å². The SMILES string of the molecule is COc1cc(F)c([N+](=O)[O-])cc1O[Si](C)(C)C(C)(C)C. The minimum atomic E-state index is -2.19. The van der Waals surface area contributed by atoms with Crippen LogP contribution in [-0.2, 0) is 0 Å². The number of rotatable bonds is 4. The highest BCUT2D eigenvalue weighted by molar-refractivity contribution is 6.74. The summed E-state index contributed by atoms with van der Waals surface area (Å²) in [6, 6.07) is 2.08. The van der Waals surface area contributed by atoms with Gasteiger partial charge in [0.1, 0.15) is 0 Å². The normalized spacial score (nSPS) is 12.2. The molecule has 0 unspecified atom stereocenters. The van der Waals surface area contributed by atoms with Gasteiger partial charge in [-0.05, 0) is 18.1 Å². The van der Waals surface area contributed by atoms with Gasteiger partial charge in [0.05, 0.1) is 18.1 Å². The first-order valence-corrected chi connectivity index (χ1v) is 9.11. The van der Waals surface area contributed by atoms with E-state index in [9.17, 15) is 14.5 Å². The number of benzene rings is 1. The Labute approximate surface area is 119 Å². The monoisotopic (exact) mass is 301 g/mol. The molecule has 0 aliphatic rings. The zero-order chi connectivity index (χ0) is 15.7. The number of hydrogen-bond donors (Lipinski definition) is 0. The van der Waals surface area contributed by atoms with E-state index < -0.39 is 24.7 Å². The van der Waals surface area contributed by atoms with Crippen LogP contribution in [-0.4, -0.2) is 20.4 Å². The standard InChI is InChI=1S/C13H20FNO4Si/c1-13(2,3)20(5,6)19-12-8-10(15(16)17)9(14)7-11(12)18-4/h7-8H,1-6H3. The van der Waals surface area contributed by atoms with Gasteiger partial charge in [-0.2, -0.15) is 4.39 Å². The molecule has 0 amide bonds. The zero-order valence-electron chi connectivity index (χ0n) is 12.6. The number of nitrogens with zero attached hydrogens (tertiary/aromatic N) is 1. The third kappa shape index (κ3) is 3.27. The van der Waals surface area contributed by atoms with E-state index in [1.54, 1.807) is 0 Å². The smallest absolute Gasteiger partial charge is 0.308 e. The number of ether oxygens (including phenoxy) is 1. The fraction of sp³-hybridized carbons (Fsp3) is 0.538. The first kappa shape index (κ1) is 16.4. The van der Waals surface area contributed by atoms with E-state index >= 15 is 0 Å². The largest absolute Gasteiger partial charge is 0.541 e. The topological polar surface area (TPSA) is 61.6 Å². The molecule has 112 valence electrons. The first-order chi connectivity index (χ1) is 8.99. The molecule has 0 atom stereocenters. The van der Waals surface area contributed by atoms with Gasteiger partial charge in [-0.3, -0.25) is 10.1 Å². The minimum Gasteiger partial charge on any atom is -0.541 e. The Bertz CT molecular complexity index is 526. The summed E-state index contributed by atoms with van der Waals surface area (Å²) in [5.74, 6) is -0.556. The van der Waals surface area contributed by atoms with Crippen LogP contribution in [0.25, 0.3) is 0 Å². The van der Waals surface area contributed by atoms with Crippen molar-refractivity contribution in [2.24, 2.45) is 0 Å². The molecule has 20 heavy (non-hydrogen) atoms. The van der Waals surface area contributed by atoms with E-state index in [1.165, 1.54) is 7.11 Å². The summed E-state index contributed by atoms with van der Waals surface area (Å²) in [6.07, 6.45) is 0. The van der Waals surface area contributed by atoms with E-state index in [0.29, 0.717) is 0 Å². The van der Waals surface area contributed by atoms with Gasteiger partial charge >= 0.3 is 5.69 Å². The summed E-state index contributed by atoms with van der Waals surface area (Å²) in [6.45, 7) is 10.1. The highest BCUT2D eigenvalue weighted by Crippen LogP contribution is 2.41. The van der Waals surface area contributed by atoms with Crippen molar-refractivity contribution >= 4 is 14.0 Å². The molecule has 0 heterocycles. The molecule has 0 spiro atoms. The number of halogens is 1. The Kier molecular flexibility index (Phi) is 4.43. The molecule has 0 radical (unpaired) electrons. The lowest BCUT2D eigenvalue weighted by Crippen LogP contribution is -2.43. The number of nitro groups is 1. The maximum Gasteiger partial charge on any atom is 0.308 e. The second-order valence-electron chi connectivity index (χ2n) is 6.07. The van der Waals surface area contributed by atoms with Gasteiger partial charge in [0.15, 0.2) is 11.5 Å². The van der Waals surface area contributed by atoms with E-state index in [4.69, 9.17) is 9.16 Å². The van der Waals surface area contributed by atoms with Crippen LogP contribution in [0.2, 0.25) is 18.1 Å². The highest BCUT2D eigenvalue weighted by Gasteiger charge is 2.40. The lowest BCUT2D eigenvalue weighted by Gasteiger charge is -2.36. The molecule has 1 aromatic carbocycles. The molecule has 0 fully saturated rings. The summed E-state index contributed by atoms with van der Waals surface area (Å²) in [5, 5.41) is 10.7. The third-order valence-corrected chi connectivity index (χ3v) is 7.94. The summed E-state index contributed by atoms with van der Waals surface area (Å²) in [4.78, 5) is 10.0. The van der Waals surface area contributed by atoms with Crippen LogP contribution in [0.3, 0.4) is 0 Å². The Morgan fingerprint density at radius 3 is 2.20 bits per heavy atom. The van der Waals surface area contributed by atoms with Crippen LogP contribution in [0, 0.1) is 15.9 Å². The second-order valence-corrected chi connectivity index (χ2v) is 10.8. The summed E-state index contributed by atoms with van der Waals surface area (Å²) < 4.78 is 24.6.